The van der Waals surface area contributed by atoms with Crippen LogP contribution in [0.4, 0.5) is 14.9 Å². The fourth-order valence-electron chi connectivity index (χ4n) is 2.68. The van der Waals surface area contributed by atoms with Crippen LogP contribution in [-0.4, -0.2) is 30.1 Å². The standard InChI is InChI=1S/C22H22FN3O3/c1-15-7-9-20(21(12-15)28-3)29-19-10-8-16(23)13-18(19)25-22(27)26(2)14-17-6-4-5-11-24-17/h4-13H,14H2,1-3H3,(H,25,27). The molecule has 0 unspecified atom stereocenters. The number of carbonyl (C=O) groups is 1. The summed E-state index contributed by atoms with van der Waals surface area (Å²) in [5, 5.41) is 2.69. The molecular weight excluding hydrogens is 373 g/mol. The minimum absolute atomic E-state index is 0.213. The SMILES string of the molecule is COc1cc(C)ccc1Oc1ccc(F)cc1NC(=O)N(C)Cc1ccccn1. The van der Waals surface area contributed by atoms with Gasteiger partial charge in [0.15, 0.2) is 17.2 Å². The third-order valence-electron chi connectivity index (χ3n) is 4.19. The zero-order valence-corrected chi connectivity index (χ0v) is 16.5. The Balaban J connectivity index is 1.79. The number of ether oxygens (including phenoxy) is 2. The first-order valence-corrected chi connectivity index (χ1v) is 9.00. The summed E-state index contributed by atoms with van der Waals surface area (Å²) in [5.74, 6) is 0.810. The van der Waals surface area contributed by atoms with E-state index in [9.17, 15) is 9.18 Å². The molecule has 3 rings (SSSR count). The number of pyridine rings is 1. The van der Waals surface area contributed by atoms with Crippen molar-refractivity contribution in [3.8, 4) is 17.2 Å². The van der Waals surface area contributed by atoms with Crippen LogP contribution >= 0.6 is 0 Å². The Morgan fingerprint density at radius 3 is 2.62 bits per heavy atom. The van der Waals surface area contributed by atoms with E-state index in [1.807, 2.05) is 31.2 Å². The van der Waals surface area contributed by atoms with Gasteiger partial charge in [-0.25, -0.2) is 9.18 Å². The Labute approximate surface area is 168 Å². The molecule has 1 aromatic heterocycles. The average molecular weight is 395 g/mol. The minimum Gasteiger partial charge on any atom is -0.493 e. The monoisotopic (exact) mass is 395 g/mol. The van der Waals surface area contributed by atoms with Crippen LogP contribution < -0.4 is 14.8 Å². The Morgan fingerprint density at radius 1 is 1.10 bits per heavy atom. The largest absolute Gasteiger partial charge is 0.493 e. The molecule has 0 fully saturated rings. The molecule has 3 aromatic rings. The number of benzene rings is 2. The highest BCUT2D eigenvalue weighted by atomic mass is 19.1. The molecule has 0 saturated heterocycles. The van der Waals surface area contributed by atoms with Gasteiger partial charge in [-0.15, -0.1) is 0 Å². The van der Waals surface area contributed by atoms with E-state index in [0.29, 0.717) is 23.8 Å². The van der Waals surface area contributed by atoms with Crippen LogP contribution in [0.15, 0.2) is 60.8 Å². The number of hydrogen-bond acceptors (Lipinski definition) is 4. The van der Waals surface area contributed by atoms with Crippen molar-refractivity contribution in [1.82, 2.24) is 9.88 Å². The van der Waals surface area contributed by atoms with Crippen molar-refractivity contribution in [3.05, 3.63) is 77.9 Å². The fraction of sp³-hybridized carbons (Fsp3) is 0.182. The number of amides is 2. The molecule has 1 heterocycles. The normalized spacial score (nSPS) is 10.3. The molecule has 0 aliphatic heterocycles. The van der Waals surface area contributed by atoms with Crippen LogP contribution in [0.1, 0.15) is 11.3 Å². The highest BCUT2D eigenvalue weighted by molar-refractivity contribution is 5.90. The molecule has 2 amide bonds. The maximum Gasteiger partial charge on any atom is 0.322 e. The molecule has 0 radical (unpaired) electrons. The molecule has 150 valence electrons. The van der Waals surface area contributed by atoms with E-state index in [1.54, 1.807) is 32.5 Å². The summed E-state index contributed by atoms with van der Waals surface area (Å²) in [4.78, 5) is 18.2. The lowest BCUT2D eigenvalue weighted by molar-refractivity contribution is 0.220. The van der Waals surface area contributed by atoms with Crippen molar-refractivity contribution in [2.75, 3.05) is 19.5 Å². The smallest absolute Gasteiger partial charge is 0.322 e. The molecule has 0 atom stereocenters. The van der Waals surface area contributed by atoms with Crippen molar-refractivity contribution in [2.24, 2.45) is 0 Å². The zero-order valence-electron chi connectivity index (χ0n) is 16.5. The van der Waals surface area contributed by atoms with Gasteiger partial charge in [0.1, 0.15) is 5.82 Å². The average Bonchev–Trinajstić information content (AvgIpc) is 2.71. The third kappa shape index (κ3) is 5.22. The van der Waals surface area contributed by atoms with Gasteiger partial charge in [-0.05, 0) is 48.9 Å². The minimum atomic E-state index is -0.490. The number of aryl methyl sites for hydroxylation is 1. The van der Waals surface area contributed by atoms with Gasteiger partial charge in [-0.1, -0.05) is 12.1 Å². The first-order valence-electron chi connectivity index (χ1n) is 9.00. The molecule has 0 bridgehead atoms. The molecular formula is C22H22FN3O3. The first-order chi connectivity index (χ1) is 14.0. The van der Waals surface area contributed by atoms with Gasteiger partial charge in [-0.2, -0.15) is 0 Å². The van der Waals surface area contributed by atoms with Gasteiger partial charge < -0.3 is 19.7 Å². The van der Waals surface area contributed by atoms with Crippen molar-refractivity contribution >= 4 is 11.7 Å². The van der Waals surface area contributed by atoms with Crippen LogP contribution in [0, 0.1) is 12.7 Å². The van der Waals surface area contributed by atoms with Crippen molar-refractivity contribution in [3.63, 3.8) is 0 Å². The van der Waals surface area contributed by atoms with Crippen LogP contribution in [0.2, 0.25) is 0 Å². The summed E-state index contributed by atoms with van der Waals surface area (Å²) in [7, 11) is 3.18. The molecule has 1 N–H and O–H groups in total. The lowest BCUT2D eigenvalue weighted by Crippen LogP contribution is -2.31. The van der Waals surface area contributed by atoms with Crippen LogP contribution in [0.5, 0.6) is 17.2 Å². The molecule has 0 spiro atoms. The predicted molar refractivity (Wildman–Crippen MR) is 109 cm³/mol. The maximum absolute atomic E-state index is 13.8. The zero-order chi connectivity index (χ0) is 20.8. The van der Waals surface area contributed by atoms with E-state index in [4.69, 9.17) is 9.47 Å². The van der Waals surface area contributed by atoms with Gasteiger partial charge in [0, 0.05) is 19.3 Å². The second kappa shape index (κ2) is 9.05. The first kappa shape index (κ1) is 20.1. The number of anilines is 1. The number of aromatic nitrogens is 1. The van der Waals surface area contributed by atoms with Crippen LogP contribution in [0.25, 0.3) is 0 Å². The fourth-order valence-corrected chi connectivity index (χ4v) is 2.68. The van der Waals surface area contributed by atoms with E-state index in [0.717, 1.165) is 11.3 Å². The number of nitrogens with one attached hydrogen (secondary N) is 1. The Kier molecular flexibility index (Phi) is 6.29. The van der Waals surface area contributed by atoms with Gasteiger partial charge in [0.2, 0.25) is 0 Å². The van der Waals surface area contributed by atoms with Crippen molar-refractivity contribution in [1.29, 1.82) is 0 Å². The highest BCUT2D eigenvalue weighted by Crippen LogP contribution is 2.36. The van der Waals surface area contributed by atoms with E-state index in [-0.39, 0.29) is 5.69 Å². The summed E-state index contributed by atoms with van der Waals surface area (Å²) in [6.07, 6.45) is 1.66. The lowest BCUT2D eigenvalue weighted by Gasteiger charge is -2.19. The molecule has 0 aliphatic rings. The van der Waals surface area contributed by atoms with Gasteiger partial charge in [0.25, 0.3) is 0 Å². The number of nitrogens with zero attached hydrogens (tertiary/aromatic N) is 2. The van der Waals surface area contributed by atoms with Crippen LogP contribution in [-0.2, 0) is 6.54 Å². The Morgan fingerprint density at radius 2 is 1.90 bits per heavy atom. The summed E-state index contributed by atoms with van der Waals surface area (Å²) >= 11 is 0. The number of carbonyl (C=O) groups excluding carboxylic acids is 1. The Hall–Kier alpha value is -3.61. The van der Waals surface area contributed by atoms with E-state index in [2.05, 4.69) is 10.3 Å². The number of rotatable bonds is 6. The van der Waals surface area contributed by atoms with Gasteiger partial charge in [0.05, 0.1) is 25.0 Å². The van der Waals surface area contributed by atoms with Crippen molar-refractivity contribution in [2.45, 2.75) is 13.5 Å². The highest BCUT2D eigenvalue weighted by Gasteiger charge is 2.15. The summed E-state index contributed by atoms with van der Waals surface area (Å²) in [6.45, 7) is 2.25. The number of urea groups is 1. The Bertz CT molecular complexity index is 996. The van der Waals surface area contributed by atoms with Crippen molar-refractivity contribution < 1.29 is 18.7 Å². The molecule has 7 heteroatoms. The molecule has 0 saturated carbocycles. The number of methoxy groups -OCH3 is 1. The topological polar surface area (TPSA) is 63.7 Å². The van der Waals surface area contributed by atoms with E-state index >= 15 is 0 Å². The number of halogens is 1. The third-order valence-corrected chi connectivity index (χ3v) is 4.19. The quantitative estimate of drug-likeness (QED) is 0.638. The van der Waals surface area contributed by atoms with Gasteiger partial charge >= 0.3 is 6.03 Å². The van der Waals surface area contributed by atoms with E-state index < -0.39 is 11.8 Å². The molecule has 2 aromatic carbocycles. The second-order valence-corrected chi connectivity index (χ2v) is 6.50. The summed E-state index contributed by atoms with van der Waals surface area (Å²) in [6, 6.07) is 14.5. The summed E-state index contributed by atoms with van der Waals surface area (Å²) < 4.78 is 25.1. The molecule has 6 nitrogen and oxygen atoms in total. The predicted octanol–water partition coefficient (Wildman–Crippen LogP) is 4.99. The van der Waals surface area contributed by atoms with Gasteiger partial charge in [-0.3, -0.25) is 4.98 Å². The van der Waals surface area contributed by atoms with E-state index in [1.165, 1.54) is 23.1 Å². The second-order valence-electron chi connectivity index (χ2n) is 6.50. The maximum atomic E-state index is 13.8. The molecule has 29 heavy (non-hydrogen) atoms. The lowest BCUT2D eigenvalue weighted by atomic mass is 10.2. The van der Waals surface area contributed by atoms with Crippen LogP contribution in [0.3, 0.4) is 0 Å². The number of hydrogen-bond donors (Lipinski definition) is 1. The summed E-state index contributed by atoms with van der Waals surface area (Å²) in [5.41, 5.74) is 1.97. The molecule has 0 aliphatic carbocycles.